The molecule has 0 atom stereocenters. The Labute approximate surface area is 121 Å². The number of methoxy groups -OCH3 is 1. The van der Waals surface area contributed by atoms with Crippen LogP contribution in [-0.4, -0.2) is 32.1 Å². The maximum Gasteiger partial charge on any atom is 0.325 e. The summed E-state index contributed by atoms with van der Waals surface area (Å²) in [4.78, 5) is 22.1. The van der Waals surface area contributed by atoms with E-state index >= 15 is 0 Å². The Balaban J connectivity index is 2.40. The van der Waals surface area contributed by atoms with Gasteiger partial charge in [0.2, 0.25) is 0 Å². The van der Waals surface area contributed by atoms with E-state index in [0.717, 1.165) is 8.95 Å². The van der Waals surface area contributed by atoms with Crippen LogP contribution in [0.2, 0.25) is 0 Å². The summed E-state index contributed by atoms with van der Waals surface area (Å²) in [6.07, 6.45) is 0. The van der Waals surface area contributed by atoms with Gasteiger partial charge in [-0.25, -0.2) is 0 Å². The van der Waals surface area contributed by atoms with Gasteiger partial charge in [0, 0.05) is 4.47 Å². The quantitative estimate of drug-likeness (QED) is 0.792. The molecule has 1 aromatic carbocycles. The molecule has 1 rings (SSSR count). The zero-order valence-electron chi connectivity index (χ0n) is 9.54. The molecule has 0 aliphatic rings. The fourth-order valence-corrected chi connectivity index (χ4v) is 2.19. The van der Waals surface area contributed by atoms with Gasteiger partial charge in [0.1, 0.15) is 12.3 Å². The first-order valence-electron chi connectivity index (χ1n) is 4.94. The van der Waals surface area contributed by atoms with Gasteiger partial charge in [0.15, 0.2) is 6.61 Å². The third-order valence-corrected chi connectivity index (χ3v) is 3.02. The molecule has 1 N–H and O–H groups in total. The highest BCUT2D eigenvalue weighted by atomic mass is 79.9. The minimum atomic E-state index is -0.506. The summed E-state index contributed by atoms with van der Waals surface area (Å²) in [6.45, 7) is -0.336. The second kappa shape index (κ2) is 7.38. The highest BCUT2D eigenvalue weighted by Gasteiger charge is 2.07. The van der Waals surface area contributed by atoms with Gasteiger partial charge < -0.3 is 14.8 Å². The summed E-state index contributed by atoms with van der Waals surface area (Å²) in [5, 5.41) is 2.37. The molecule has 1 amide bonds. The number of amides is 1. The molecule has 0 heterocycles. The Hall–Kier alpha value is -1.08. The molecule has 0 aromatic heterocycles. The van der Waals surface area contributed by atoms with Gasteiger partial charge >= 0.3 is 5.97 Å². The number of rotatable bonds is 5. The monoisotopic (exact) mass is 379 g/mol. The standard InChI is InChI=1S/C11H11Br2NO4/c1-17-11(16)5-14-10(15)6-18-9-3-2-7(12)4-8(9)13/h2-4H,5-6H2,1H3,(H,14,15). The highest BCUT2D eigenvalue weighted by Crippen LogP contribution is 2.27. The molecule has 7 heteroatoms. The van der Waals surface area contributed by atoms with Crippen LogP contribution in [0.15, 0.2) is 27.1 Å². The third kappa shape index (κ3) is 5.05. The Morgan fingerprint density at radius 3 is 2.67 bits per heavy atom. The summed E-state index contributed by atoms with van der Waals surface area (Å²) in [7, 11) is 1.25. The number of nitrogens with one attached hydrogen (secondary N) is 1. The van der Waals surface area contributed by atoms with Gasteiger partial charge in [-0.1, -0.05) is 15.9 Å². The van der Waals surface area contributed by atoms with Crippen molar-refractivity contribution in [1.29, 1.82) is 0 Å². The lowest BCUT2D eigenvalue weighted by molar-refractivity contribution is -0.141. The van der Waals surface area contributed by atoms with Gasteiger partial charge in [-0.3, -0.25) is 9.59 Å². The minimum absolute atomic E-state index is 0.166. The Kier molecular flexibility index (Phi) is 6.14. The largest absolute Gasteiger partial charge is 0.483 e. The molecule has 0 fully saturated rings. The zero-order chi connectivity index (χ0) is 13.5. The lowest BCUT2D eigenvalue weighted by Gasteiger charge is -2.08. The molecular weight excluding hydrogens is 370 g/mol. The van der Waals surface area contributed by atoms with Crippen LogP contribution in [0, 0.1) is 0 Å². The van der Waals surface area contributed by atoms with Crippen LogP contribution in [0.4, 0.5) is 0 Å². The molecule has 18 heavy (non-hydrogen) atoms. The Morgan fingerprint density at radius 1 is 1.33 bits per heavy atom. The van der Waals surface area contributed by atoms with Crippen LogP contribution < -0.4 is 10.1 Å². The maximum absolute atomic E-state index is 11.3. The van der Waals surface area contributed by atoms with E-state index in [4.69, 9.17) is 4.74 Å². The van der Waals surface area contributed by atoms with E-state index in [-0.39, 0.29) is 13.2 Å². The van der Waals surface area contributed by atoms with Crippen LogP contribution in [0.25, 0.3) is 0 Å². The number of esters is 1. The van der Waals surface area contributed by atoms with Crippen LogP contribution in [0.1, 0.15) is 0 Å². The normalized spacial score (nSPS) is 9.72. The van der Waals surface area contributed by atoms with Gasteiger partial charge in [0.25, 0.3) is 5.91 Å². The van der Waals surface area contributed by atoms with E-state index in [9.17, 15) is 9.59 Å². The van der Waals surface area contributed by atoms with Crippen LogP contribution in [0.3, 0.4) is 0 Å². The van der Waals surface area contributed by atoms with Crippen molar-refractivity contribution in [2.24, 2.45) is 0 Å². The SMILES string of the molecule is COC(=O)CNC(=O)COc1ccc(Br)cc1Br. The van der Waals surface area contributed by atoms with E-state index in [1.807, 2.05) is 6.07 Å². The van der Waals surface area contributed by atoms with Crippen molar-refractivity contribution in [2.75, 3.05) is 20.3 Å². The smallest absolute Gasteiger partial charge is 0.325 e. The van der Waals surface area contributed by atoms with Gasteiger partial charge in [-0.05, 0) is 34.1 Å². The maximum atomic E-state index is 11.3. The predicted octanol–water partition coefficient (Wildman–Crippen LogP) is 1.88. The number of ether oxygens (including phenoxy) is 2. The highest BCUT2D eigenvalue weighted by molar-refractivity contribution is 9.11. The molecule has 0 aliphatic heterocycles. The molecular formula is C11H11Br2NO4. The first kappa shape index (κ1) is 15.0. The second-order valence-electron chi connectivity index (χ2n) is 3.22. The molecule has 0 bridgehead atoms. The Morgan fingerprint density at radius 2 is 2.06 bits per heavy atom. The molecule has 0 aliphatic carbocycles. The molecule has 0 saturated carbocycles. The van der Waals surface area contributed by atoms with E-state index in [1.54, 1.807) is 12.1 Å². The predicted molar refractivity (Wildman–Crippen MR) is 72.4 cm³/mol. The average molecular weight is 381 g/mol. The second-order valence-corrected chi connectivity index (χ2v) is 4.99. The van der Waals surface area contributed by atoms with Crippen LogP contribution in [-0.2, 0) is 14.3 Å². The van der Waals surface area contributed by atoms with E-state index in [0.29, 0.717) is 5.75 Å². The first-order valence-corrected chi connectivity index (χ1v) is 6.53. The summed E-state index contributed by atoms with van der Waals surface area (Å²) in [5.41, 5.74) is 0. The van der Waals surface area contributed by atoms with Crippen molar-refractivity contribution in [2.45, 2.75) is 0 Å². The molecule has 1 aromatic rings. The number of benzene rings is 1. The van der Waals surface area contributed by atoms with Crippen molar-refractivity contribution in [3.8, 4) is 5.75 Å². The number of carbonyl (C=O) groups is 2. The van der Waals surface area contributed by atoms with Crippen molar-refractivity contribution < 1.29 is 19.1 Å². The first-order chi connectivity index (χ1) is 8.52. The summed E-state index contributed by atoms with van der Waals surface area (Å²) < 4.78 is 11.3. The van der Waals surface area contributed by atoms with Crippen molar-refractivity contribution in [3.05, 3.63) is 27.1 Å². The minimum Gasteiger partial charge on any atom is -0.483 e. The van der Waals surface area contributed by atoms with Gasteiger partial charge in [0.05, 0.1) is 11.6 Å². The molecule has 0 spiro atoms. The number of hydrogen-bond donors (Lipinski definition) is 1. The van der Waals surface area contributed by atoms with Crippen LogP contribution in [0.5, 0.6) is 5.75 Å². The van der Waals surface area contributed by atoms with E-state index < -0.39 is 11.9 Å². The van der Waals surface area contributed by atoms with E-state index in [1.165, 1.54) is 7.11 Å². The lowest BCUT2D eigenvalue weighted by Crippen LogP contribution is -2.33. The van der Waals surface area contributed by atoms with Crippen molar-refractivity contribution >= 4 is 43.7 Å². The van der Waals surface area contributed by atoms with Crippen LogP contribution >= 0.6 is 31.9 Å². The molecule has 98 valence electrons. The number of halogens is 2. The van der Waals surface area contributed by atoms with Gasteiger partial charge in [-0.2, -0.15) is 0 Å². The number of hydrogen-bond acceptors (Lipinski definition) is 4. The molecule has 0 radical (unpaired) electrons. The summed E-state index contributed by atoms with van der Waals surface area (Å²) in [6, 6.07) is 5.33. The van der Waals surface area contributed by atoms with Crippen molar-refractivity contribution in [3.63, 3.8) is 0 Å². The fraction of sp³-hybridized carbons (Fsp3) is 0.273. The zero-order valence-corrected chi connectivity index (χ0v) is 12.7. The Bertz CT molecular complexity index is 451. The summed E-state index contributed by atoms with van der Waals surface area (Å²) in [5.74, 6) is -0.352. The topological polar surface area (TPSA) is 64.6 Å². The average Bonchev–Trinajstić information content (AvgIpc) is 2.34. The summed E-state index contributed by atoms with van der Waals surface area (Å²) >= 11 is 6.62. The lowest BCUT2D eigenvalue weighted by atomic mass is 10.3. The molecule has 0 saturated heterocycles. The molecule has 0 unspecified atom stereocenters. The molecule has 5 nitrogen and oxygen atoms in total. The fourth-order valence-electron chi connectivity index (χ4n) is 1.03. The number of carbonyl (C=O) groups excluding carboxylic acids is 2. The third-order valence-electron chi connectivity index (χ3n) is 1.91. The van der Waals surface area contributed by atoms with Crippen molar-refractivity contribution in [1.82, 2.24) is 5.32 Å². The van der Waals surface area contributed by atoms with E-state index in [2.05, 4.69) is 41.9 Å². The van der Waals surface area contributed by atoms with Gasteiger partial charge in [-0.15, -0.1) is 0 Å².